The Hall–Kier alpha value is -1.07. The molecule has 0 fully saturated rings. The average Bonchev–Trinajstić information content (AvgIpc) is 2.18. The Morgan fingerprint density at radius 3 is 2.86 bits per heavy atom. The predicted octanol–water partition coefficient (Wildman–Crippen LogP) is 1.60. The molecular weight excluding hydrogens is 214 g/mol. The Kier molecular flexibility index (Phi) is 5.03. The molecule has 0 spiro atoms. The fraction of sp³-hybridized carbons (Fsp3) is 0.111. The number of hydrogen-bond acceptors (Lipinski definition) is 3. The maximum atomic E-state index is 5.19. The third-order valence-electron chi connectivity index (χ3n) is 1.33. The van der Waals surface area contributed by atoms with Crippen molar-refractivity contribution < 1.29 is 0 Å². The van der Waals surface area contributed by atoms with Crippen molar-refractivity contribution in [2.24, 2.45) is 10.8 Å². The molecule has 0 aliphatic carbocycles. The van der Waals surface area contributed by atoms with Gasteiger partial charge in [-0.15, -0.1) is 11.8 Å². The minimum Gasteiger partial charge on any atom is -0.375 e. The van der Waals surface area contributed by atoms with E-state index in [-0.39, 0.29) is 5.11 Å². The molecule has 5 heteroatoms. The van der Waals surface area contributed by atoms with E-state index < -0.39 is 0 Å². The van der Waals surface area contributed by atoms with E-state index in [1.165, 1.54) is 4.90 Å². The van der Waals surface area contributed by atoms with Crippen LogP contribution >= 0.6 is 24.0 Å². The average molecular weight is 225 g/mol. The maximum Gasteiger partial charge on any atom is 0.184 e. The summed E-state index contributed by atoms with van der Waals surface area (Å²) < 4.78 is 0. The SMILES string of the molecule is NC(=S)N/N=C/CSc1ccccc1. The van der Waals surface area contributed by atoms with Gasteiger partial charge in [-0.05, 0) is 24.4 Å². The van der Waals surface area contributed by atoms with Crippen molar-refractivity contribution in [1.29, 1.82) is 0 Å². The second kappa shape index (κ2) is 6.39. The Bertz CT molecular complexity index is 311. The first-order chi connectivity index (χ1) is 6.79. The first-order valence-electron chi connectivity index (χ1n) is 4.04. The Morgan fingerprint density at radius 1 is 1.50 bits per heavy atom. The van der Waals surface area contributed by atoms with Gasteiger partial charge in [0, 0.05) is 16.9 Å². The quantitative estimate of drug-likeness (QED) is 0.354. The lowest BCUT2D eigenvalue weighted by Gasteiger charge is -1.96. The number of hydrazone groups is 1. The summed E-state index contributed by atoms with van der Waals surface area (Å²) in [5.74, 6) is 0.791. The molecule has 1 aromatic carbocycles. The van der Waals surface area contributed by atoms with Crippen LogP contribution in [0.15, 0.2) is 40.3 Å². The van der Waals surface area contributed by atoms with E-state index in [4.69, 9.17) is 5.73 Å². The van der Waals surface area contributed by atoms with Gasteiger partial charge >= 0.3 is 0 Å². The number of thiocarbonyl (C=S) groups is 1. The topological polar surface area (TPSA) is 50.4 Å². The molecule has 0 amide bonds. The predicted molar refractivity (Wildman–Crippen MR) is 65.6 cm³/mol. The number of thioether (sulfide) groups is 1. The lowest BCUT2D eigenvalue weighted by molar-refractivity contribution is 1.04. The summed E-state index contributed by atoms with van der Waals surface area (Å²) >= 11 is 6.28. The summed E-state index contributed by atoms with van der Waals surface area (Å²) in [5.41, 5.74) is 7.68. The second-order valence-corrected chi connectivity index (χ2v) is 3.95. The van der Waals surface area contributed by atoms with Crippen molar-refractivity contribution in [1.82, 2.24) is 5.43 Å². The molecule has 3 nitrogen and oxygen atoms in total. The molecule has 1 rings (SSSR count). The number of nitrogens with two attached hydrogens (primary N) is 1. The summed E-state index contributed by atoms with van der Waals surface area (Å²) in [6.45, 7) is 0. The zero-order valence-electron chi connectivity index (χ0n) is 7.51. The third kappa shape index (κ3) is 4.84. The zero-order valence-corrected chi connectivity index (χ0v) is 9.15. The van der Waals surface area contributed by atoms with Gasteiger partial charge in [0.2, 0.25) is 0 Å². The highest BCUT2D eigenvalue weighted by atomic mass is 32.2. The number of rotatable bonds is 4. The third-order valence-corrected chi connectivity index (χ3v) is 2.35. The normalized spacial score (nSPS) is 10.3. The van der Waals surface area contributed by atoms with Crippen LogP contribution in [-0.2, 0) is 0 Å². The molecule has 0 unspecified atom stereocenters. The van der Waals surface area contributed by atoms with Gasteiger partial charge in [0.25, 0.3) is 0 Å². The molecule has 1 aromatic rings. The fourth-order valence-electron chi connectivity index (χ4n) is 0.797. The Balaban J connectivity index is 2.22. The first kappa shape index (κ1) is 11.0. The van der Waals surface area contributed by atoms with E-state index in [0.717, 1.165) is 5.75 Å². The first-order valence-corrected chi connectivity index (χ1v) is 5.43. The molecule has 0 bridgehead atoms. The van der Waals surface area contributed by atoms with Crippen LogP contribution in [0.25, 0.3) is 0 Å². The van der Waals surface area contributed by atoms with Crippen LogP contribution in [0.5, 0.6) is 0 Å². The summed E-state index contributed by atoms with van der Waals surface area (Å²) in [5, 5.41) is 4.01. The zero-order chi connectivity index (χ0) is 10.2. The molecule has 0 aliphatic heterocycles. The van der Waals surface area contributed by atoms with E-state index in [9.17, 15) is 0 Å². The molecule has 0 aliphatic rings. The van der Waals surface area contributed by atoms with E-state index in [2.05, 4.69) is 34.9 Å². The summed E-state index contributed by atoms with van der Waals surface area (Å²) in [6.07, 6.45) is 1.73. The van der Waals surface area contributed by atoms with Gasteiger partial charge in [0.1, 0.15) is 0 Å². The molecule has 74 valence electrons. The van der Waals surface area contributed by atoms with Gasteiger partial charge in [-0.1, -0.05) is 18.2 Å². The van der Waals surface area contributed by atoms with Gasteiger partial charge in [0.15, 0.2) is 5.11 Å². The standard InChI is InChI=1S/C9H11N3S2/c10-9(13)12-11-6-7-14-8-4-2-1-3-5-8/h1-6H,7H2,(H3,10,12,13)/b11-6+. The van der Waals surface area contributed by atoms with Crippen molar-refractivity contribution in [3.8, 4) is 0 Å². The van der Waals surface area contributed by atoms with Crippen LogP contribution < -0.4 is 11.2 Å². The van der Waals surface area contributed by atoms with Gasteiger partial charge < -0.3 is 5.73 Å². The molecule has 0 radical (unpaired) electrons. The Morgan fingerprint density at radius 2 is 2.21 bits per heavy atom. The van der Waals surface area contributed by atoms with Crippen LogP contribution in [0.2, 0.25) is 0 Å². The monoisotopic (exact) mass is 225 g/mol. The highest BCUT2D eigenvalue weighted by molar-refractivity contribution is 7.99. The number of benzene rings is 1. The Labute approximate surface area is 92.8 Å². The minimum atomic E-state index is 0.186. The van der Waals surface area contributed by atoms with Crippen molar-refractivity contribution in [2.45, 2.75) is 4.90 Å². The number of hydrogen-bond donors (Lipinski definition) is 2. The van der Waals surface area contributed by atoms with E-state index in [1.54, 1.807) is 18.0 Å². The van der Waals surface area contributed by atoms with Crippen LogP contribution in [0.4, 0.5) is 0 Å². The minimum absolute atomic E-state index is 0.186. The van der Waals surface area contributed by atoms with Gasteiger partial charge in [-0.3, -0.25) is 5.43 Å². The van der Waals surface area contributed by atoms with Crippen molar-refractivity contribution in [3.63, 3.8) is 0 Å². The molecule has 0 atom stereocenters. The molecule has 0 heterocycles. The smallest absolute Gasteiger partial charge is 0.184 e. The highest BCUT2D eigenvalue weighted by Crippen LogP contribution is 2.15. The molecule has 14 heavy (non-hydrogen) atoms. The molecular formula is C9H11N3S2. The van der Waals surface area contributed by atoms with Crippen LogP contribution in [-0.4, -0.2) is 17.1 Å². The number of nitrogens with one attached hydrogen (secondary N) is 1. The van der Waals surface area contributed by atoms with Crippen molar-refractivity contribution in [2.75, 3.05) is 5.75 Å². The lowest BCUT2D eigenvalue weighted by atomic mass is 10.4. The van der Waals surface area contributed by atoms with E-state index >= 15 is 0 Å². The van der Waals surface area contributed by atoms with Gasteiger partial charge in [0.05, 0.1) is 0 Å². The highest BCUT2D eigenvalue weighted by Gasteiger charge is 1.88. The lowest BCUT2D eigenvalue weighted by Crippen LogP contribution is -2.24. The second-order valence-electron chi connectivity index (χ2n) is 2.41. The molecule has 0 saturated carbocycles. The molecule has 3 N–H and O–H groups in total. The van der Waals surface area contributed by atoms with Gasteiger partial charge in [-0.25, -0.2) is 0 Å². The molecule has 0 aromatic heterocycles. The van der Waals surface area contributed by atoms with Crippen LogP contribution in [0.3, 0.4) is 0 Å². The van der Waals surface area contributed by atoms with Crippen LogP contribution in [0, 0.1) is 0 Å². The van der Waals surface area contributed by atoms with Crippen molar-refractivity contribution in [3.05, 3.63) is 30.3 Å². The summed E-state index contributed by atoms with van der Waals surface area (Å²) in [4.78, 5) is 1.22. The van der Waals surface area contributed by atoms with E-state index in [1.807, 2.05) is 18.2 Å². The fourth-order valence-corrected chi connectivity index (χ4v) is 1.54. The van der Waals surface area contributed by atoms with Crippen LogP contribution in [0.1, 0.15) is 0 Å². The number of nitrogens with zero attached hydrogens (tertiary/aromatic N) is 1. The van der Waals surface area contributed by atoms with E-state index in [0.29, 0.717) is 0 Å². The maximum absolute atomic E-state index is 5.19. The van der Waals surface area contributed by atoms with Crippen molar-refractivity contribution >= 4 is 35.3 Å². The molecule has 0 saturated heterocycles. The largest absolute Gasteiger partial charge is 0.375 e. The summed E-state index contributed by atoms with van der Waals surface area (Å²) in [7, 11) is 0. The summed E-state index contributed by atoms with van der Waals surface area (Å²) in [6, 6.07) is 10.1. The van der Waals surface area contributed by atoms with Gasteiger partial charge in [-0.2, -0.15) is 5.10 Å².